The fraction of sp³-hybridized carbons (Fsp3) is 0.486. The third kappa shape index (κ3) is 12.8. The highest BCUT2D eigenvalue weighted by Gasteiger charge is 2.36. The molecule has 1 saturated heterocycles. The van der Waals surface area contributed by atoms with Crippen molar-refractivity contribution in [3.8, 4) is 17.2 Å². The molecule has 0 radical (unpaired) electrons. The number of carbonyl (C=O) groups excluding carboxylic acids is 1. The Morgan fingerprint density at radius 1 is 0.900 bits per heavy atom. The maximum Gasteiger partial charge on any atom is 0.294 e. The fourth-order valence-electron chi connectivity index (χ4n) is 5.77. The first-order valence-corrected chi connectivity index (χ1v) is 17.0. The molecule has 13 heteroatoms. The molecule has 0 aromatic heterocycles. The topological polar surface area (TPSA) is 149 Å². The molecule has 0 spiro atoms. The van der Waals surface area contributed by atoms with Gasteiger partial charge in [-0.05, 0) is 48.7 Å². The molecule has 0 unspecified atom stereocenters. The number of hydrogen-bond donors (Lipinski definition) is 2. The first-order chi connectivity index (χ1) is 24.3. The van der Waals surface area contributed by atoms with Gasteiger partial charge in [-0.1, -0.05) is 48.5 Å². The zero-order valence-corrected chi connectivity index (χ0v) is 29.0. The van der Waals surface area contributed by atoms with Crippen LogP contribution in [0.4, 0.5) is 0 Å². The smallest absolute Gasteiger partial charge is 0.294 e. The highest BCUT2D eigenvalue weighted by molar-refractivity contribution is 5.72. The van der Waals surface area contributed by atoms with E-state index in [2.05, 4.69) is 15.5 Å². The number of nitrogens with one attached hydrogen (secondary N) is 2. The molecule has 50 heavy (non-hydrogen) atoms. The van der Waals surface area contributed by atoms with Crippen molar-refractivity contribution in [2.75, 3.05) is 59.8 Å². The summed E-state index contributed by atoms with van der Waals surface area (Å²) in [5, 5.41) is 16.2. The molecule has 3 aromatic carbocycles. The summed E-state index contributed by atoms with van der Waals surface area (Å²) in [6.07, 6.45) is 0.0738. The average molecular weight is 696 g/mol. The normalized spacial score (nSPS) is 17.8. The standard InChI is InChI=1S/C37H49N3O10/c1-27(50-40(42)43)25-49-36-24-38-23-35(48-22-21-47-34-12-7-4-9-29(34)17-18-39-28(2)41)37(36)30-13-15-32(16-14-30)46-20-8-19-45-26-31-10-5-6-11-33(31)44-3/h4-7,9-16,27,35-38H,8,17-26H2,1-3H3,(H,39,41)/t27-,35+,36-,37-/m1/s1. The molecule has 4 rings (SSSR count). The maximum atomic E-state index is 11.3. The molecular weight excluding hydrogens is 646 g/mol. The van der Waals surface area contributed by atoms with Crippen LogP contribution in [0.5, 0.6) is 17.2 Å². The van der Waals surface area contributed by atoms with Crippen LogP contribution in [-0.4, -0.2) is 89.1 Å². The number of ether oxygens (including phenoxy) is 6. The van der Waals surface area contributed by atoms with Gasteiger partial charge in [0.1, 0.15) is 30.0 Å². The molecule has 1 aliphatic heterocycles. The first kappa shape index (κ1) is 38.4. The van der Waals surface area contributed by atoms with Gasteiger partial charge in [0.2, 0.25) is 5.91 Å². The van der Waals surface area contributed by atoms with Crippen LogP contribution in [0, 0.1) is 10.1 Å². The van der Waals surface area contributed by atoms with Crippen LogP contribution in [0.15, 0.2) is 72.8 Å². The van der Waals surface area contributed by atoms with Crippen molar-refractivity contribution >= 4 is 5.91 Å². The van der Waals surface area contributed by atoms with E-state index >= 15 is 0 Å². The maximum absolute atomic E-state index is 11.3. The summed E-state index contributed by atoms with van der Waals surface area (Å²) in [7, 11) is 1.65. The van der Waals surface area contributed by atoms with Crippen molar-refractivity contribution in [1.29, 1.82) is 0 Å². The molecule has 0 bridgehead atoms. The minimum absolute atomic E-state index is 0.0508. The highest BCUT2D eigenvalue weighted by atomic mass is 17.0. The Hall–Kier alpha value is -4.43. The molecule has 272 valence electrons. The lowest BCUT2D eigenvalue weighted by molar-refractivity contribution is -0.768. The Kier molecular flexibility index (Phi) is 16.1. The predicted octanol–water partition coefficient (Wildman–Crippen LogP) is 4.49. The van der Waals surface area contributed by atoms with Crippen LogP contribution >= 0.6 is 0 Å². The lowest BCUT2D eigenvalue weighted by Gasteiger charge is -2.39. The second-order valence-corrected chi connectivity index (χ2v) is 11.9. The molecule has 4 atom stereocenters. The van der Waals surface area contributed by atoms with E-state index in [4.69, 9.17) is 28.4 Å². The van der Waals surface area contributed by atoms with Gasteiger partial charge in [-0.2, -0.15) is 0 Å². The Balaban J connectivity index is 1.31. The molecule has 1 heterocycles. The Morgan fingerprint density at radius 3 is 2.32 bits per heavy atom. The molecule has 2 N–H and O–H groups in total. The second-order valence-electron chi connectivity index (χ2n) is 11.9. The van der Waals surface area contributed by atoms with Gasteiger partial charge >= 0.3 is 0 Å². The third-order valence-electron chi connectivity index (χ3n) is 8.13. The minimum atomic E-state index is -0.806. The summed E-state index contributed by atoms with van der Waals surface area (Å²) >= 11 is 0. The molecule has 1 aliphatic rings. The van der Waals surface area contributed by atoms with E-state index < -0.39 is 11.2 Å². The van der Waals surface area contributed by atoms with Crippen LogP contribution in [-0.2, 0) is 36.9 Å². The first-order valence-electron chi connectivity index (χ1n) is 17.0. The van der Waals surface area contributed by atoms with Gasteiger partial charge < -0.3 is 43.9 Å². The van der Waals surface area contributed by atoms with E-state index in [1.807, 2.05) is 72.8 Å². The number of benzene rings is 3. The average Bonchev–Trinajstić information content (AvgIpc) is 3.11. The van der Waals surface area contributed by atoms with Crippen LogP contribution < -0.4 is 24.8 Å². The minimum Gasteiger partial charge on any atom is -0.496 e. The Labute approximate surface area is 293 Å². The van der Waals surface area contributed by atoms with Crippen LogP contribution in [0.1, 0.15) is 42.9 Å². The molecule has 0 aliphatic carbocycles. The molecule has 3 aromatic rings. The number of carbonyl (C=O) groups is 1. The Morgan fingerprint density at radius 2 is 1.60 bits per heavy atom. The fourth-order valence-corrected chi connectivity index (χ4v) is 5.77. The SMILES string of the molecule is COc1ccccc1COCCCOc1ccc([C@@H]2[C@@H](OCCOc3ccccc3CCNC(C)=O)CNC[C@H]2OC[C@@H](C)O[N+](=O)[O-])cc1. The van der Waals surface area contributed by atoms with Gasteiger partial charge in [-0.25, -0.2) is 0 Å². The van der Waals surface area contributed by atoms with Crippen LogP contribution in [0.3, 0.4) is 0 Å². The Bertz CT molecular complexity index is 1460. The quantitative estimate of drug-likeness (QED) is 0.0870. The van der Waals surface area contributed by atoms with Crippen molar-refractivity contribution in [3.63, 3.8) is 0 Å². The number of amides is 1. The number of hydrogen-bond acceptors (Lipinski definition) is 11. The van der Waals surface area contributed by atoms with Gasteiger partial charge in [-0.15, -0.1) is 10.1 Å². The zero-order chi connectivity index (χ0) is 35.6. The predicted molar refractivity (Wildman–Crippen MR) is 186 cm³/mol. The number of rotatable bonds is 22. The summed E-state index contributed by atoms with van der Waals surface area (Å²) in [6.45, 7) is 6.98. The number of piperidine rings is 1. The van der Waals surface area contributed by atoms with Gasteiger partial charge in [0.25, 0.3) is 5.09 Å². The van der Waals surface area contributed by atoms with E-state index in [1.165, 1.54) is 6.92 Å². The molecule has 0 saturated carbocycles. The van der Waals surface area contributed by atoms with Crippen molar-refractivity contribution in [1.82, 2.24) is 10.6 Å². The number of nitrogens with zero attached hydrogens (tertiary/aromatic N) is 1. The number of methoxy groups -OCH3 is 1. The molecule has 13 nitrogen and oxygen atoms in total. The second kappa shape index (κ2) is 20.9. The van der Waals surface area contributed by atoms with Crippen LogP contribution in [0.2, 0.25) is 0 Å². The van der Waals surface area contributed by atoms with Crippen molar-refractivity contribution in [2.24, 2.45) is 0 Å². The number of para-hydroxylation sites is 2. The largest absolute Gasteiger partial charge is 0.496 e. The van der Waals surface area contributed by atoms with Gasteiger partial charge in [0.05, 0.1) is 52.4 Å². The summed E-state index contributed by atoms with van der Waals surface area (Å²) < 4.78 is 35.8. The van der Waals surface area contributed by atoms with E-state index in [9.17, 15) is 14.9 Å². The van der Waals surface area contributed by atoms with Crippen molar-refractivity contribution in [2.45, 2.75) is 57.5 Å². The van der Waals surface area contributed by atoms with Crippen molar-refractivity contribution < 1.29 is 43.1 Å². The van der Waals surface area contributed by atoms with E-state index in [1.54, 1.807) is 14.0 Å². The van der Waals surface area contributed by atoms with Gasteiger partial charge in [0.15, 0.2) is 0 Å². The highest BCUT2D eigenvalue weighted by Crippen LogP contribution is 2.32. The monoisotopic (exact) mass is 695 g/mol. The summed E-state index contributed by atoms with van der Waals surface area (Å²) in [5.41, 5.74) is 3.00. The lowest BCUT2D eigenvalue weighted by atomic mass is 9.85. The van der Waals surface area contributed by atoms with E-state index in [0.29, 0.717) is 59.1 Å². The van der Waals surface area contributed by atoms with Crippen LogP contribution in [0.25, 0.3) is 0 Å². The zero-order valence-electron chi connectivity index (χ0n) is 29.0. The third-order valence-corrected chi connectivity index (χ3v) is 8.13. The molecule has 1 fully saturated rings. The lowest BCUT2D eigenvalue weighted by Crippen LogP contribution is -2.51. The van der Waals surface area contributed by atoms with Gasteiger partial charge in [-0.3, -0.25) is 4.79 Å². The van der Waals surface area contributed by atoms with Crippen molar-refractivity contribution in [3.05, 3.63) is 99.6 Å². The summed E-state index contributed by atoms with van der Waals surface area (Å²) in [6, 6.07) is 23.4. The van der Waals surface area contributed by atoms with E-state index in [-0.39, 0.29) is 30.6 Å². The molecule has 1 amide bonds. The van der Waals surface area contributed by atoms with E-state index in [0.717, 1.165) is 40.4 Å². The summed E-state index contributed by atoms with van der Waals surface area (Å²) in [4.78, 5) is 26.8. The molecular formula is C37H49N3O10. The van der Waals surface area contributed by atoms with Gasteiger partial charge in [0, 0.05) is 44.5 Å². The summed E-state index contributed by atoms with van der Waals surface area (Å²) in [5.74, 6) is 2.06.